The molecule has 0 aliphatic carbocycles. The van der Waals surface area contributed by atoms with Crippen molar-refractivity contribution in [2.24, 2.45) is 0 Å². The lowest BCUT2D eigenvalue weighted by Gasteiger charge is -2.48. The number of hydrogen-bond donors (Lipinski definition) is 12. The van der Waals surface area contributed by atoms with Crippen LogP contribution in [0.2, 0.25) is 0 Å². The van der Waals surface area contributed by atoms with Gasteiger partial charge in [-0.05, 0) is 89.9 Å². The van der Waals surface area contributed by atoms with Crippen LogP contribution in [0.1, 0.15) is 328 Å². The van der Waals surface area contributed by atoms with E-state index in [2.05, 4.69) is 141 Å². The quantitative estimate of drug-likeness (QED) is 0.0199. The van der Waals surface area contributed by atoms with E-state index in [1.54, 1.807) is 0 Å². The van der Waals surface area contributed by atoms with Crippen LogP contribution in [0.25, 0.3) is 0 Å². The summed E-state index contributed by atoms with van der Waals surface area (Å²) < 4.78 is 34.6. The second kappa shape index (κ2) is 71.3. The van der Waals surface area contributed by atoms with Crippen LogP contribution in [-0.4, -0.2) is 193 Å². The summed E-state index contributed by atoms with van der Waals surface area (Å²) in [4.78, 5) is 13.5. The van der Waals surface area contributed by atoms with Crippen LogP contribution >= 0.6 is 0 Å². The molecular weight excluding hydrogens is 1420 g/mol. The van der Waals surface area contributed by atoms with Gasteiger partial charge in [0.1, 0.15) is 73.2 Å². The van der Waals surface area contributed by atoms with Crippen molar-refractivity contribution in [1.29, 1.82) is 0 Å². The van der Waals surface area contributed by atoms with E-state index in [1.807, 2.05) is 0 Å². The Hall–Kier alpha value is -3.81. The first kappa shape index (κ1) is 102. The number of hydrogen-bond acceptors (Lipinski definition) is 18. The molecule has 0 aromatic carbocycles. The molecule has 3 heterocycles. The number of nitrogens with one attached hydrogen (secondary N) is 1. The lowest BCUT2D eigenvalue weighted by atomic mass is 9.96. The molecule has 3 fully saturated rings. The highest BCUT2D eigenvalue weighted by Crippen LogP contribution is 2.33. The van der Waals surface area contributed by atoms with Crippen LogP contribution in [-0.2, 0) is 33.2 Å². The van der Waals surface area contributed by atoms with Crippen LogP contribution in [0.4, 0.5) is 0 Å². The average molecular weight is 1580 g/mol. The van der Waals surface area contributed by atoms with Gasteiger partial charge in [-0.15, -0.1) is 0 Å². The van der Waals surface area contributed by atoms with Gasteiger partial charge in [0.05, 0.1) is 38.6 Å². The van der Waals surface area contributed by atoms with Gasteiger partial charge in [-0.2, -0.15) is 0 Å². The highest BCUT2D eigenvalue weighted by molar-refractivity contribution is 5.76. The molecule has 3 aliphatic heterocycles. The molecule has 19 nitrogen and oxygen atoms in total. The maximum atomic E-state index is 13.5. The molecular formula is C93H161NO18. The minimum Gasteiger partial charge on any atom is -0.394 e. The summed E-state index contributed by atoms with van der Waals surface area (Å²) in [6, 6.07) is -0.899. The number of aliphatic hydroxyl groups excluding tert-OH is 11. The fourth-order valence-electron chi connectivity index (χ4n) is 14.5. The van der Waals surface area contributed by atoms with Crippen molar-refractivity contribution in [3.63, 3.8) is 0 Å². The van der Waals surface area contributed by atoms with E-state index in [4.69, 9.17) is 28.4 Å². The molecule has 3 aliphatic rings. The minimum absolute atomic E-state index is 0.248. The largest absolute Gasteiger partial charge is 0.394 e. The predicted octanol–water partition coefficient (Wildman–Crippen LogP) is 17.0. The zero-order valence-electron chi connectivity index (χ0n) is 69.6. The number of carbonyl (C=O) groups is 1. The fourth-order valence-corrected chi connectivity index (χ4v) is 14.5. The summed E-state index contributed by atoms with van der Waals surface area (Å²) in [6.45, 7) is 1.72. The first-order chi connectivity index (χ1) is 54.8. The highest BCUT2D eigenvalue weighted by Gasteiger charge is 2.54. The van der Waals surface area contributed by atoms with Gasteiger partial charge in [0.25, 0.3) is 0 Å². The minimum atomic E-state index is -1.98. The SMILES string of the molecule is CC/C=C\C/C=C\C/C=C\C/C=C\C/C=C\C/C=C\C/C=C\C/C=C\C/C=C\C/C=C\CCCCCCCCCCCCC(=O)NC(COC1OC(CO)C(OC2OC(CO)C(OC3OC(CO)C(O)C(O)C3O)C(O)C2O)C(O)C1O)C(O)CCCCCCCCCCCCCCCCCCCCCCCCCCCC. The van der Waals surface area contributed by atoms with Gasteiger partial charge < -0.3 is 89.9 Å². The number of unbranched alkanes of at least 4 members (excludes halogenated alkanes) is 35. The lowest BCUT2D eigenvalue weighted by Crippen LogP contribution is -2.66. The Morgan fingerprint density at radius 1 is 0.330 bits per heavy atom. The number of carbonyl (C=O) groups excluding carboxylic acids is 1. The molecule has 646 valence electrons. The van der Waals surface area contributed by atoms with Crippen LogP contribution in [0.15, 0.2) is 122 Å². The van der Waals surface area contributed by atoms with Crippen molar-refractivity contribution in [3.8, 4) is 0 Å². The third kappa shape index (κ3) is 49.4. The second-order valence-corrected chi connectivity index (χ2v) is 31.3. The third-order valence-electron chi connectivity index (χ3n) is 21.6. The number of allylic oxidation sites excluding steroid dienone is 20. The average Bonchev–Trinajstić information content (AvgIpc) is 0.781. The van der Waals surface area contributed by atoms with E-state index in [0.717, 1.165) is 122 Å². The maximum absolute atomic E-state index is 13.5. The molecule has 19 heteroatoms. The smallest absolute Gasteiger partial charge is 0.220 e. The van der Waals surface area contributed by atoms with E-state index in [-0.39, 0.29) is 18.9 Å². The van der Waals surface area contributed by atoms with Gasteiger partial charge in [-0.3, -0.25) is 4.79 Å². The summed E-state index contributed by atoms with van der Waals surface area (Å²) >= 11 is 0. The topological polar surface area (TPSA) is 307 Å². The third-order valence-corrected chi connectivity index (χ3v) is 21.6. The summed E-state index contributed by atoms with van der Waals surface area (Å²) in [5.41, 5.74) is 0. The van der Waals surface area contributed by atoms with E-state index in [9.17, 15) is 61.0 Å². The molecule has 0 spiro atoms. The number of aliphatic hydroxyl groups is 11. The van der Waals surface area contributed by atoms with E-state index in [1.165, 1.54) is 173 Å². The van der Waals surface area contributed by atoms with Gasteiger partial charge in [0, 0.05) is 6.42 Å². The van der Waals surface area contributed by atoms with Crippen LogP contribution in [0.3, 0.4) is 0 Å². The molecule has 1 amide bonds. The Labute approximate surface area is 678 Å². The van der Waals surface area contributed by atoms with Gasteiger partial charge in [0.15, 0.2) is 18.9 Å². The van der Waals surface area contributed by atoms with Crippen molar-refractivity contribution in [2.45, 2.75) is 433 Å². The molecule has 17 atom stereocenters. The predicted molar refractivity (Wildman–Crippen MR) is 452 cm³/mol. The zero-order valence-corrected chi connectivity index (χ0v) is 69.6. The number of amides is 1. The van der Waals surface area contributed by atoms with Gasteiger partial charge in [-0.1, -0.05) is 354 Å². The molecule has 0 radical (unpaired) electrons. The van der Waals surface area contributed by atoms with E-state index in [0.29, 0.717) is 12.8 Å². The maximum Gasteiger partial charge on any atom is 0.220 e. The van der Waals surface area contributed by atoms with E-state index < -0.39 is 124 Å². The molecule has 17 unspecified atom stereocenters. The van der Waals surface area contributed by atoms with E-state index >= 15 is 0 Å². The molecule has 3 rings (SSSR count). The molecule has 3 saturated heterocycles. The highest BCUT2D eigenvalue weighted by atomic mass is 16.8. The van der Waals surface area contributed by atoms with Crippen molar-refractivity contribution in [2.75, 3.05) is 26.4 Å². The van der Waals surface area contributed by atoms with Crippen molar-refractivity contribution in [1.82, 2.24) is 5.32 Å². The fraction of sp³-hybridized carbons (Fsp3) is 0.774. The Balaban J connectivity index is 1.32. The Morgan fingerprint density at radius 3 is 0.964 bits per heavy atom. The lowest BCUT2D eigenvalue weighted by molar-refractivity contribution is -0.379. The molecule has 12 N–H and O–H groups in total. The summed E-state index contributed by atoms with van der Waals surface area (Å²) in [6.07, 6.45) is 74.3. The van der Waals surface area contributed by atoms with Gasteiger partial charge in [0.2, 0.25) is 5.91 Å². The Kier molecular flexibility index (Phi) is 65.2. The van der Waals surface area contributed by atoms with Crippen molar-refractivity contribution < 1.29 is 89.4 Å². The molecule has 0 aromatic heterocycles. The molecule has 112 heavy (non-hydrogen) atoms. The number of ether oxygens (including phenoxy) is 6. The van der Waals surface area contributed by atoms with Crippen molar-refractivity contribution in [3.05, 3.63) is 122 Å². The Bertz CT molecular complexity index is 2500. The molecule has 0 bridgehead atoms. The van der Waals surface area contributed by atoms with Crippen molar-refractivity contribution >= 4 is 5.91 Å². The standard InChI is InChI=1S/C93H161NO18/c1-3-5-7-9-11-13-15-17-19-21-23-25-27-29-31-32-33-34-35-36-37-38-39-40-41-42-43-44-45-47-49-51-53-55-57-59-61-63-65-67-69-71-81(99)94-76(77(98)70-68-66-64-62-60-58-56-54-52-50-48-46-30-28-26-24-22-20-18-16-14-12-10-8-6-4-2)75-107-91-87(105)84(102)89(79(73-96)109-91)112-93-88(106)85(103)90(80(74-97)110-93)111-92-86(104)83(101)82(100)78(72-95)108-92/h5,7,11,13,17,19,23,25,29,31,33-34,36-37,39-40,42-43,45,47,76-80,82-93,95-98,100-106H,3-4,6,8-10,12,14-16,18,20-22,24,26-28,30,32,35,38,41,44,46,48-75H2,1-2H3,(H,94,99)/b7-5-,13-11-,19-17-,25-23-,31-29-,34-33-,37-36-,40-39-,43-42-,47-45-. The number of rotatable bonds is 71. The van der Waals surface area contributed by atoms with Gasteiger partial charge >= 0.3 is 0 Å². The van der Waals surface area contributed by atoms with Crippen LogP contribution in [0, 0.1) is 0 Å². The summed E-state index contributed by atoms with van der Waals surface area (Å²) in [5.74, 6) is -0.248. The van der Waals surface area contributed by atoms with Crippen LogP contribution in [0.5, 0.6) is 0 Å². The normalized spacial score (nSPS) is 25.5. The summed E-state index contributed by atoms with van der Waals surface area (Å²) in [5, 5.41) is 121. The molecule has 0 aromatic rings. The zero-order chi connectivity index (χ0) is 81.0. The first-order valence-electron chi connectivity index (χ1n) is 44.8. The molecule has 0 saturated carbocycles. The second-order valence-electron chi connectivity index (χ2n) is 31.3. The first-order valence-corrected chi connectivity index (χ1v) is 44.8. The van der Waals surface area contributed by atoms with Crippen LogP contribution < -0.4 is 5.32 Å². The summed E-state index contributed by atoms with van der Waals surface area (Å²) in [7, 11) is 0. The monoisotopic (exact) mass is 1580 g/mol. The van der Waals surface area contributed by atoms with Gasteiger partial charge in [-0.25, -0.2) is 0 Å². The Morgan fingerprint density at radius 2 is 0.616 bits per heavy atom.